The molecule has 2 aromatic rings. The zero-order valence-corrected chi connectivity index (χ0v) is 12.1. The molecule has 5 nitrogen and oxygen atoms in total. The molecule has 106 valence electrons. The summed E-state index contributed by atoms with van der Waals surface area (Å²) in [7, 11) is -1.31. The van der Waals surface area contributed by atoms with Crippen molar-refractivity contribution in [3.05, 3.63) is 40.4 Å². The molecule has 8 heteroatoms. The van der Waals surface area contributed by atoms with Gasteiger partial charge in [0.2, 0.25) is 0 Å². The molecule has 0 radical (unpaired) electrons. The van der Waals surface area contributed by atoms with Gasteiger partial charge in [-0.3, -0.25) is 4.21 Å². The van der Waals surface area contributed by atoms with E-state index in [0.29, 0.717) is 16.9 Å². The van der Waals surface area contributed by atoms with Crippen LogP contribution >= 0.6 is 11.6 Å². The SMILES string of the molecule is O=[S@](Cc1c(F)cccc1Cl)Cc1nnnn1C1CC1. The monoisotopic (exact) mass is 314 g/mol. The molecule has 1 aromatic carbocycles. The smallest absolute Gasteiger partial charge is 0.164 e. The van der Waals surface area contributed by atoms with Crippen LogP contribution in [0.1, 0.15) is 30.3 Å². The Balaban J connectivity index is 1.72. The van der Waals surface area contributed by atoms with Crippen molar-refractivity contribution in [3.8, 4) is 0 Å². The Bertz CT molecular complexity index is 638. The van der Waals surface area contributed by atoms with Gasteiger partial charge in [-0.1, -0.05) is 17.7 Å². The number of benzene rings is 1. The molecule has 0 N–H and O–H groups in total. The molecule has 1 fully saturated rings. The van der Waals surface area contributed by atoms with Crippen molar-refractivity contribution in [2.24, 2.45) is 0 Å². The van der Waals surface area contributed by atoms with Crippen molar-refractivity contribution in [1.82, 2.24) is 20.2 Å². The minimum atomic E-state index is -1.31. The average molecular weight is 315 g/mol. The second-order valence-electron chi connectivity index (χ2n) is 4.70. The molecular weight excluding hydrogens is 303 g/mol. The molecule has 1 atom stereocenters. The van der Waals surface area contributed by atoms with Crippen LogP contribution in [-0.2, 0) is 22.3 Å². The van der Waals surface area contributed by atoms with Crippen LogP contribution in [0.2, 0.25) is 5.02 Å². The third-order valence-corrected chi connectivity index (χ3v) is 4.66. The van der Waals surface area contributed by atoms with Gasteiger partial charge >= 0.3 is 0 Å². The second-order valence-corrected chi connectivity index (χ2v) is 6.56. The topological polar surface area (TPSA) is 60.7 Å². The molecule has 0 saturated heterocycles. The van der Waals surface area contributed by atoms with Crippen LogP contribution in [0.15, 0.2) is 18.2 Å². The minimum Gasteiger partial charge on any atom is -0.259 e. The second kappa shape index (κ2) is 5.57. The quantitative estimate of drug-likeness (QED) is 0.849. The fraction of sp³-hybridized carbons (Fsp3) is 0.417. The van der Waals surface area contributed by atoms with E-state index in [1.807, 2.05) is 0 Å². The van der Waals surface area contributed by atoms with Gasteiger partial charge < -0.3 is 0 Å². The maximum Gasteiger partial charge on any atom is 0.164 e. The van der Waals surface area contributed by atoms with E-state index < -0.39 is 16.6 Å². The van der Waals surface area contributed by atoms with Crippen LogP contribution in [0.5, 0.6) is 0 Å². The van der Waals surface area contributed by atoms with Crippen LogP contribution in [0.3, 0.4) is 0 Å². The Morgan fingerprint density at radius 3 is 2.90 bits per heavy atom. The zero-order chi connectivity index (χ0) is 14.1. The van der Waals surface area contributed by atoms with Crippen molar-refractivity contribution < 1.29 is 8.60 Å². The number of tetrazole rings is 1. The summed E-state index contributed by atoms with van der Waals surface area (Å²) in [6.07, 6.45) is 2.09. The first kappa shape index (κ1) is 13.6. The van der Waals surface area contributed by atoms with Gasteiger partial charge in [0, 0.05) is 21.4 Å². The molecule has 0 unspecified atom stereocenters. The Morgan fingerprint density at radius 1 is 1.40 bits per heavy atom. The molecule has 1 heterocycles. The lowest BCUT2D eigenvalue weighted by Gasteiger charge is -2.06. The number of nitrogens with zero attached hydrogens (tertiary/aromatic N) is 4. The molecule has 1 aliphatic carbocycles. The lowest BCUT2D eigenvalue weighted by atomic mass is 10.2. The molecule has 1 aliphatic rings. The predicted octanol–water partition coefficient (Wildman–Crippen LogP) is 2.25. The highest BCUT2D eigenvalue weighted by Crippen LogP contribution is 2.34. The van der Waals surface area contributed by atoms with Gasteiger partial charge in [0.05, 0.1) is 17.5 Å². The van der Waals surface area contributed by atoms with Crippen molar-refractivity contribution in [2.45, 2.75) is 30.4 Å². The van der Waals surface area contributed by atoms with Gasteiger partial charge in [-0.15, -0.1) is 5.10 Å². The van der Waals surface area contributed by atoms with Crippen LogP contribution in [-0.4, -0.2) is 24.4 Å². The molecule has 0 aliphatic heterocycles. The summed E-state index contributed by atoms with van der Waals surface area (Å²) < 4.78 is 27.5. The molecule has 0 amide bonds. The van der Waals surface area contributed by atoms with Crippen LogP contribution in [0.4, 0.5) is 4.39 Å². The first-order chi connectivity index (χ1) is 9.65. The van der Waals surface area contributed by atoms with Gasteiger partial charge in [0.15, 0.2) is 5.82 Å². The number of halogens is 2. The number of rotatable bonds is 5. The summed E-state index contributed by atoms with van der Waals surface area (Å²) in [5, 5.41) is 11.7. The Kier molecular flexibility index (Phi) is 3.80. The Hall–Kier alpha value is -1.34. The summed E-state index contributed by atoms with van der Waals surface area (Å²) in [6, 6.07) is 4.75. The minimum absolute atomic E-state index is 0.0586. The van der Waals surface area contributed by atoms with Crippen molar-refractivity contribution in [1.29, 1.82) is 0 Å². The highest BCUT2D eigenvalue weighted by atomic mass is 35.5. The van der Waals surface area contributed by atoms with E-state index in [4.69, 9.17) is 11.6 Å². The maximum atomic E-state index is 13.6. The predicted molar refractivity (Wildman–Crippen MR) is 73.0 cm³/mol. The molecule has 0 spiro atoms. The first-order valence-corrected chi connectivity index (χ1v) is 8.06. The van der Waals surface area contributed by atoms with E-state index in [1.165, 1.54) is 12.1 Å². The van der Waals surface area contributed by atoms with Crippen LogP contribution < -0.4 is 0 Å². The van der Waals surface area contributed by atoms with Crippen LogP contribution in [0.25, 0.3) is 0 Å². The van der Waals surface area contributed by atoms with Crippen molar-refractivity contribution in [3.63, 3.8) is 0 Å². The zero-order valence-electron chi connectivity index (χ0n) is 10.5. The normalized spacial score (nSPS) is 16.3. The van der Waals surface area contributed by atoms with Crippen LogP contribution in [0, 0.1) is 5.82 Å². The highest BCUT2D eigenvalue weighted by molar-refractivity contribution is 7.83. The lowest BCUT2D eigenvalue weighted by molar-refractivity contribution is 0.590. The molecule has 1 aromatic heterocycles. The molecule has 20 heavy (non-hydrogen) atoms. The van der Waals surface area contributed by atoms with E-state index in [-0.39, 0.29) is 17.1 Å². The first-order valence-electron chi connectivity index (χ1n) is 6.20. The van der Waals surface area contributed by atoms with E-state index in [9.17, 15) is 8.60 Å². The summed E-state index contributed by atoms with van der Waals surface area (Å²) >= 11 is 5.93. The van der Waals surface area contributed by atoms with Gasteiger partial charge in [-0.2, -0.15) is 0 Å². The fourth-order valence-electron chi connectivity index (χ4n) is 1.94. The molecule has 1 saturated carbocycles. The summed E-state index contributed by atoms with van der Waals surface area (Å²) in [6.45, 7) is 0. The summed E-state index contributed by atoms with van der Waals surface area (Å²) in [4.78, 5) is 0. The average Bonchev–Trinajstić information content (AvgIpc) is 3.15. The van der Waals surface area contributed by atoms with Crippen molar-refractivity contribution in [2.75, 3.05) is 0 Å². The maximum absolute atomic E-state index is 13.6. The van der Waals surface area contributed by atoms with Gasteiger partial charge in [-0.25, -0.2) is 9.07 Å². The summed E-state index contributed by atoms with van der Waals surface area (Å²) in [5.41, 5.74) is 0.276. The summed E-state index contributed by atoms with van der Waals surface area (Å²) in [5.74, 6) is 0.405. The van der Waals surface area contributed by atoms with Crippen molar-refractivity contribution >= 4 is 22.4 Å². The Morgan fingerprint density at radius 2 is 2.20 bits per heavy atom. The lowest BCUT2D eigenvalue weighted by Crippen LogP contribution is -2.09. The van der Waals surface area contributed by atoms with Gasteiger partial charge in [0.25, 0.3) is 0 Å². The van der Waals surface area contributed by atoms with Gasteiger partial charge in [-0.05, 0) is 35.4 Å². The largest absolute Gasteiger partial charge is 0.259 e. The van der Waals surface area contributed by atoms with E-state index >= 15 is 0 Å². The number of hydrogen-bond donors (Lipinski definition) is 0. The third kappa shape index (κ3) is 2.88. The molecule has 3 rings (SSSR count). The number of aromatic nitrogens is 4. The van der Waals surface area contributed by atoms with E-state index in [2.05, 4.69) is 15.5 Å². The number of hydrogen-bond acceptors (Lipinski definition) is 4. The van der Waals surface area contributed by atoms with E-state index in [1.54, 1.807) is 10.7 Å². The Labute approximate surface area is 122 Å². The highest BCUT2D eigenvalue weighted by Gasteiger charge is 2.28. The third-order valence-electron chi connectivity index (χ3n) is 3.11. The fourth-order valence-corrected chi connectivity index (χ4v) is 3.44. The van der Waals surface area contributed by atoms with E-state index in [0.717, 1.165) is 12.8 Å². The molecule has 0 bridgehead atoms. The van der Waals surface area contributed by atoms with Gasteiger partial charge in [0.1, 0.15) is 5.82 Å². The standard InChI is InChI=1S/C12H12ClFN4OS/c13-10-2-1-3-11(14)9(10)6-20(19)7-12-15-16-17-18(12)8-4-5-8/h1-3,8H,4-7H2/t20-/m1/s1. The molecular formula is C12H12ClFN4OS.